The topological polar surface area (TPSA) is 68.3 Å². The standard InChI is InChI=1S/C20H20F2N4O2/c1-27-17-6-3-13(11-18(17)28-2)7-9-23-19-8-10-24-20(26-19)25-16-5-4-14(21)12-15(16)22/h3-6,8,10-12H,7,9H2,1-2H3,(H2,23,24,25,26). The number of anilines is 3. The van der Waals surface area contributed by atoms with E-state index in [-0.39, 0.29) is 11.6 Å². The van der Waals surface area contributed by atoms with Gasteiger partial charge in [-0.3, -0.25) is 0 Å². The van der Waals surface area contributed by atoms with Crippen LogP contribution in [0, 0.1) is 11.6 Å². The van der Waals surface area contributed by atoms with Crippen LogP contribution in [0.3, 0.4) is 0 Å². The van der Waals surface area contributed by atoms with Crippen molar-refractivity contribution in [3.8, 4) is 11.5 Å². The Morgan fingerprint density at radius 3 is 2.54 bits per heavy atom. The molecule has 0 unspecified atom stereocenters. The highest BCUT2D eigenvalue weighted by Gasteiger charge is 2.07. The highest BCUT2D eigenvalue weighted by atomic mass is 19.1. The van der Waals surface area contributed by atoms with Crippen molar-refractivity contribution in [2.45, 2.75) is 6.42 Å². The normalized spacial score (nSPS) is 10.4. The first-order chi connectivity index (χ1) is 13.6. The summed E-state index contributed by atoms with van der Waals surface area (Å²) in [7, 11) is 3.19. The maximum absolute atomic E-state index is 13.8. The minimum Gasteiger partial charge on any atom is -0.493 e. The molecule has 0 amide bonds. The molecule has 0 bridgehead atoms. The van der Waals surface area contributed by atoms with Crippen LogP contribution >= 0.6 is 0 Å². The molecular formula is C20H20F2N4O2. The Bertz CT molecular complexity index is 953. The van der Waals surface area contributed by atoms with E-state index in [1.807, 2.05) is 18.2 Å². The Morgan fingerprint density at radius 1 is 0.964 bits per heavy atom. The molecule has 0 aliphatic heterocycles. The molecular weight excluding hydrogens is 366 g/mol. The van der Waals surface area contributed by atoms with E-state index >= 15 is 0 Å². The van der Waals surface area contributed by atoms with Gasteiger partial charge in [0.15, 0.2) is 11.5 Å². The van der Waals surface area contributed by atoms with Gasteiger partial charge in [0.05, 0.1) is 19.9 Å². The molecule has 8 heteroatoms. The van der Waals surface area contributed by atoms with Crippen molar-refractivity contribution in [1.82, 2.24) is 9.97 Å². The summed E-state index contributed by atoms with van der Waals surface area (Å²) >= 11 is 0. The number of hydrogen-bond acceptors (Lipinski definition) is 6. The molecule has 1 heterocycles. The summed E-state index contributed by atoms with van der Waals surface area (Å²) in [5.41, 5.74) is 1.18. The van der Waals surface area contributed by atoms with Crippen molar-refractivity contribution in [1.29, 1.82) is 0 Å². The number of hydrogen-bond donors (Lipinski definition) is 2. The van der Waals surface area contributed by atoms with Gasteiger partial charge in [0.2, 0.25) is 5.95 Å². The van der Waals surface area contributed by atoms with Crippen LogP contribution in [-0.4, -0.2) is 30.7 Å². The van der Waals surface area contributed by atoms with Crippen molar-refractivity contribution in [3.63, 3.8) is 0 Å². The number of methoxy groups -OCH3 is 2. The Hall–Kier alpha value is -3.42. The van der Waals surface area contributed by atoms with Gasteiger partial charge in [0, 0.05) is 18.8 Å². The summed E-state index contributed by atoms with van der Waals surface area (Å²) in [6.07, 6.45) is 2.29. The second-order valence-electron chi connectivity index (χ2n) is 5.88. The van der Waals surface area contributed by atoms with E-state index in [2.05, 4.69) is 20.6 Å². The molecule has 3 aromatic rings. The maximum atomic E-state index is 13.8. The monoisotopic (exact) mass is 386 g/mol. The third-order valence-electron chi connectivity index (χ3n) is 4.00. The number of nitrogens with zero attached hydrogens (tertiary/aromatic N) is 2. The molecule has 146 valence electrons. The average molecular weight is 386 g/mol. The third kappa shape index (κ3) is 4.85. The van der Waals surface area contributed by atoms with Crippen LogP contribution in [0.25, 0.3) is 0 Å². The van der Waals surface area contributed by atoms with Gasteiger partial charge in [-0.15, -0.1) is 0 Å². The number of benzene rings is 2. The number of nitrogens with one attached hydrogen (secondary N) is 2. The molecule has 0 radical (unpaired) electrons. The van der Waals surface area contributed by atoms with Gasteiger partial charge in [-0.25, -0.2) is 13.8 Å². The quantitative estimate of drug-likeness (QED) is 0.606. The van der Waals surface area contributed by atoms with Gasteiger partial charge in [-0.2, -0.15) is 4.98 Å². The van der Waals surface area contributed by atoms with Gasteiger partial charge in [-0.1, -0.05) is 6.07 Å². The predicted molar refractivity (Wildman–Crippen MR) is 103 cm³/mol. The Labute approximate surface area is 161 Å². The first-order valence-corrected chi connectivity index (χ1v) is 8.59. The van der Waals surface area contributed by atoms with Gasteiger partial charge >= 0.3 is 0 Å². The van der Waals surface area contributed by atoms with Crippen molar-refractivity contribution < 1.29 is 18.3 Å². The number of halogens is 2. The minimum atomic E-state index is -0.713. The number of aromatic nitrogens is 2. The van der Waals surface area contributed by atoms with E-state index in [1.165, 1.54) is 6.07 Å². The summed E-state index contributed by atoms with van der Waals surface area (Å²) in [6, 6.07) is 10.7. The van der Waals surface area contributed by atoms with E-state index in [1.54, 1.807) is 26.5 Å². The van der Waals surface area contributed by atoms with E-state index in [0.29, 0.717) is 23.9 Å². The zero-order valence-electron chi connectivity index (χ0n) is 15.5. The second kappa shape index (κ2) is 8.98. The summed E-state index contributed by atoms with van der Waals surface area (Å²) in [5, 5.41) is 5.93. The van der Waals surface area contributed by atoms with Crippen LogP contribution in [0.2, 0.25) is 0 Å². The molecule has 0 atom stereocenters. The summed E-state index contributed by atoms with van der Waals surface area (Å²) < 4.78 is 37.3. The van der Waals surface area contributed by atoms with Crippen LogP contribution in [0.4, 0.5) is 26.2 Å². The van der Waals surface area contributed by atoms with Crippen LogP contribution in [0.5, 0.6) is 11.5 Å². The van der Waals surface area contributed by atoms with Gasteiger partial charge in [0.25, 0.3) is 0 Å². The van der Waals surface area contributed by atoms with Crippen LogP contribution in [0.1, 0.15) is 5.56 Å². The lowest BCUT2D eigenvalue weighted by molar-refractivity contribution is 0.354. The summed E-state index contributed by atoms with van der Waals surface area (Å²) in [4.78, 5) is 8.34. The Kier molecular flexibility index (Phi) is 6.21. The molecule has 0 aliphatic carbocycles. The molecule has 3 rings (SSSR count). The van der Waals surface area contributed by atoms with Crippen molar-refractivity contribution in [2.24, 2.45) is 0 Å². The lowest BCUT2D eigenvalue weighted by Crippen LogP contribution is -2.08. The van der Waals surface area contributed by atoms with E-state index in [4.69, 9.17) is 9.47 Å². The average Bonchev–Trinajstić information content (AvgIpc) is 2.70. The number of ether oxygens (including phenoxy) is 2. The summed E-state index contributed by atoms with van der Waals surface area (Å²) in [6.45, 7) is 0.622. The van der Waals surface area contributed by atoms with Gasteiger partial charge < -0.3 is 20.1 Å². The molecule has 0 saturated carbocycles. The van der Waals surface area contributed by atoms with Crippen LogP contribution in [0.15, 0.2) is 48.7 Å². The molecule has 6 nitrogen and oxygen atoms in total. The first-order valence-electron chi connectivity index (χ1n) is 8.59. The van der Waals surface area contributed by atoms with Crippen molar-refractivity contribution in [2.75, 3.05) is 31.4 Å². The first kappa shape index (κ1) is 19.3. The lowest BCUT2D eigenvalue weighted by Gasteiger charge is -2.11. The molecule has 0 fully saturated rings. The fourth-order valence-corrected chi connectivity index (χ4v) is 2.60. The molecule has 2 aromatic carbocycles. The third-order valence-corrected chi connectivity index (χ3v) is 4.00. The van der Waals surface area contributed by atoms with Gasteiger partial charge in [0.1, 0.15) is 17.5 Å². The fourth-order valence-electron chi connectivity index (χ4n) is 2.60. The van der Waals surface area contributed by atoms with Crippen molar-refractivity contribution in [3.05, 3.63) is 65.9 Å². The lowest BCUT2D eigenvalue weighted by atomic mass is 10.1. The zero-order chi connectivity index (χ0) is 19.9. The molecule has 28 heavy (non-hydrogen) atoms. The predicted octanol–water partition coefficient (Wildman–Crippen LogP) is 4.17. The maximum Gasteiger partial charge on any atom is 0.229 e. The number of rotatable bonds is 8. The zero-order valence-corrected chi connectivity index (χ0v) is 15.5. The SMILES string of the molecule is COc1ccc(CCNc2ccnc(Nc3ccc(F)cc3F)n2)cc1OC. The largest absolute Gasteiger partial charge is 0.493 e. The van der Waals surface area contributed by atoms with Crippen LogP contribution < -0.4 is 20.1 Å². The van der Waals surface area contributed by atoms with E-state index in [0.717, 1.165) is 24.1 Å². The highest BCUT2D eigenvalue weighted by molar-refractivity contribution is 5.55. The molecule has 0 saturated heterocycles. The molecule has 0 aliphatic rings. The van der Waals surface area contributed by atoms with Crippen molar-refractivity contribution >= 4 is 17.5 Å². The van der Waals surface area contributed by atoms with Gasteiger partial charge in [-0.05, 0) is 42.3 Å². The molecule has 1 aromatic heterocycles. The smallest absolute Gasteiger partial charge is 0.229 e. The molecule has 0 spiro atoms. The highest BCUT2D eigenvalue weighted by Crippen LogP contribution is 2.27. The minimum absolute atomic E-state index is 0.101. The van der Waals surface area contributed by atoms with E-state index < -0.39 is 11.6 Å². The molecule has 2 N–H and O–H groups in total. The summed E-state index contributed by atoms with van der Waals surface area (Å²) in [5.74, 6) is 0.792. The Morgan fingerprint density at radius 2 is 1.79 bits per heavy atom. The van der Waals surface area contributed by atoms with E-state index in [9.17, 15) is 8.78 Å². The Balaban J connectivity index is 1.60. The van der Waals surface area contributed by atoms with Crippen LogP contribution in [-0.2, 0) is 6.42 Å². The fraction of sp³-hybridized carbons (Fsp3) is 0.200. The second-order valence-corrected chi connectivity index (χ2v) is 5.88.